The molecule has 22 heavy (non-hydrogen) atoms. The molecule has 1 fully saturated rings. The Morgan fingerprint density at radius 3 is 2.91 bits per heavy atom. The van der Waals surface area contributed by atoms with Crippen LogP contribution in [0.5, 0.6) is 5.75 Å². The Morgan fingerprint density at radius 2 is 2.23 bits per heavy atom. The number of ether oxygens (including phenoxy) is 1. The van der Waals surface area contributed by atoms with E-state index in [2.05, 4.69) is 17.6 Å². The summed E-state index contributed by atoms with van der Waals surface area (Å²) in [6, 6.07) is 4.71. The van der Waals surface area contributed by atoms with E-state index in [1.807, 2.05) is 0 Å². The van der Waals surface area contributed by atoms with Gasteiger partial charge in [0.25, 0.3) is 5.91 Å². The first-order valence-electron chi connectivity index (χ1n) is 7.36. The van der Waals surface area contributed by atoms with E-state index in [0.717, 1.165) is 12.8 Å². The molecule has 0 saturated carbocycles. The molecular weight excluding hydrogens is 304 g/mol. The predicted octanol–water partition coefficient (Wildman–Crippen LogP) is 1.41. The molecule has 2 atom stereocenters. The summed E-state index contributed by atoms with van der Waals surface area (Å²) in [6.07, 6.45) is 2.31. The molecule has 2 unspecified atom stereocenters. The molecular formula is C15H18N2O4S. The Labute approximate surface area is 131 Å². The van der Waals surface area contributed by atoms with Gasteiger partial charge in [0, 0.05) is 18.1 Å². The van der Waals surface area contributed by atoms with Crippen molar-refractivity contribution < 1.29 is 18.9 Å². The fourth-order valence-corrected chi connectivity index (χ4v) is 4.26. The molecule has 3 amide bonds. The van der Waals surface area contributed by atoms with Gasteiger partial charge in [0.05, 0.1) is 6.61 Å². The van der Waals surface area contributed by atoms with Crippen molar-refractivity contribution in [1.82, 2.24) is 10.6 Å². The second kappa shape index (κ2) is 5.81. The lowest BCUT2D eigenvalue weighted by Crippen LogP contribution is -2.48. The van der Waals surface area contributed by atoms with E-state index in [1.54, 1.807) is 18.2 Å². The Kier molecular flexibility index (Phi) is 4.01. The van der Waals surface area contributed by atoms with Crippen molar-refractivity contribution >= 4 is 23.1 Å². The van der Waals surface area contributed by atoms with Gasteiger partial charge in [-0.3, -0.25) is 10.1 Å². The van der Waals surface area contributed by atoms with Gasteiger partial charge in [-0.1, -0.05) is 13.3 Å². The normalized spacial score (nSPS) is 26.5. The predicted molar refractivity (Wildman–Crippen MR) is 81.1 cm³/mol. The van der Waals surface area contributed by atoms with E-state index in [1.165, 1.54) is 0 Å². The second-order valence-electron chi connectivity index (χ2n) is 5.47. The van der Waals surface area contributed by atoms with Crippen molar-refractivity contribution in [3.05, 3.63) is 23.8 Å². The topological polar surface area (TPSA) is 90.5 Å². The van der Waals surface area contributed by atoms with Crippen molar-refractivity contribution in [2.24, 2.45) is 0 Å². The first-order chi connectivity index (χ1) is 10.6. The third-order valence-corrected chi connectivity index (χ3v) is 5.43. The molecule has 1 saturated heterocycles. The van der Waals surface area contributed by atoms with Crippen LogP contribution in [-0.2, 0) is 21.5 Å². The molecule has 3 rings (SSSR count). The first-order valence-corrected chi connectivity index (χ1v) is 8.68. The van der Waals surface area contributed by atoms with E-state index in [4.69, 9.17) is 4.74 Å². The second-order valence-corrected chi connectivity index (χ2v) is 7.01. The number of carbonyl (C=O) groups excluding carboxylic acids is 2. The largest absolute Gasteiger partial charge is 0.611 e. The lowest BCUT2D eigenvalue weighted by atomic mass is 9.87. The van der Waals surface area contributed by atoms with Gasteiger partial charge in [0.1, 0.15) is 11.5 Å². The van der Waals surface area contributed by atoms with Crippen LogP contribution in [0.1, 0.15) is 31.7 Å². The lowest BCUT2D eigenvalue weighted by molar-refractivity contribution is -0.124. The Morgan fingerprint density at radius 1 is 1.41 bits per heavy atom. The summed E-state index contributed by atoms with van der Waals surface area (Å²) in [5.41, 5.74) is -0.495. The fraction of sp³-hybridized carbons (Fsp3) is 0.467. The lowest BCUT2D eigenvalue weighted by Gasteiger charge is -2.33. The highest BCUT2D eigenvalue weighted by atomic mass is 32.2. The summed E-state index contributed by atoms with van der Waals surface area (Å²) in [4.78, 5) is 24.3. The van der Waals surface area contributed by atoms with Gasteiger partial charge in [-0.2, -0.15) is 0 Å². The molecule has 118 valence electrons. The molecule has 2 N–H and O–H groups in total. The molecule has 7 heteroatoms. The van der Waals surface area contributed by atoms with E-state index in [0.29, 0.717) is 35.0 Å². The van der Waals surface area contributed by atoms with Gasteiger partial charge in [-0.15, -0.1) is 0 Å². The zero-order chi connectivity index (χ0) is 15.7. The number of nitrogens with one attached hydrogen (secondary N) is 2. The fourth-order valence-electron chi connectivity index (χ4n) is 2.82. The van der Waals surface area contributed by atoms with Crippen LogP contribution in [0.15, 0.2) is 23.1 Å². The molecule has 0 bridgehead atoms. The quantitative estimate of drug-likeness (QED) is 0.498. The van der Waals surface area contributed by atoms with E-state index >= 15 is 0 Å². The molecule has 1 spiro atoms. The van der Waals surface area contributed by atoms with Crippen molar-refractivity contribution in [3.8, 4) is 5.75 Å². The van der Waals surface area contributed by atoms with Crippen LogP contribution < -0.4 is 15.4 Å². The minimum atomic E-state index is -1.19. The maximum absolute atomic E-state index is 12.3. The molecule has 2 aliphatic heterocycles. The molecule has 0 aliphatic carbocycles. The number of imide groups is 1. The average Bonchev–Trinajstić information content (AvgIpc) is 2.78. The molecule has 2 heterocycles. The molecule has 1 aromatic carbocycles. The third-order valence-electron chi connectivity index (χ3n) is 4.03. The summed E-state index contributed by atoms with van der Waals surface area (Å²) in [7, 11) is 0. The summed E-state index contributed by atoms with van der Waals surface area (Å²) < 4.78 is 17.9. The van der Waals surface area contributed by atoms with Crippen molar-refractivity contribution in [1.29, 1.82) is 0 Å². The standard InChI is InChI=1S/C15H18N2O4S/c1-2-3-7-21-10-4-5-11-12(9-10)22(20)8-6-15(11)13(18)16-14(19)17-15/h4-5,9H,2-3,6-8H2,1H3,(H2,16,17,18,19). The summed E-state index contributed by atoms with van der Waals surface area (Å²) in [5, 5.41) is 4.96. The van der Waals surface area contributed by atoms with E-state index < -0.39 is 22.7 Å². The van der Waals surface area contributed by atoms with Crippen molar-refractivity contribution in [2.75, 3.05) is 12.4 Å². The van der Waals surface area contributed by atoms with Gasteiger partial charge in [-0.25, -0.2) is 4.79 Å². The van der Waals surface area contributed by atoms with E-state index in [9.17, 15) is 14.1 Å². The highest BCUT2D eigenvalue weighted by Gasteiger charge is 2.53. The number of fused-ring (bicyclic) bond motifs is 2. The zero-order valence-electron chi connectivity index (χ0n) is 12.3. The number of rotatable bonds is 4. The average molecular weight is 322 g/mol. The van der Waals surface area contributed by atoms with Crippen LogP contribution in [0.3, 0.4) is 0 Å². The van der Waals surface area contributed by atoms with Gasteiger partial charge < -0.3 is 14.6 Å². The maximum atomic E-state index is 12.3. The van der Waals surface area contributed by atoms with Crippen LogP contribution in [-0.4, -0.2) is 28.9 Å². The zero-order valence-corrected chi connectivity index (χ0v) is 13.1. The van der Waals surface area contributed by atoms with Gasteiger partial charge in [-0.05, 0) is 29.7 Å². The van der Waals surface area contributed by atoms with E-state index in [-0.39, 0.29) is 5.91 Å². The van der Waals surface area contributed by atoms with Gasteiger partial charge in [0.15, 0.2) is 10.4 Å². The summed E-state index contributed by atoms with van der Waals surface area (Å²) in [6.45, 7) is 2.68. The van der Waals surface area contributed by atoms with Crippen molar-refractivity contribution in [2.45, 2.75) is 36.6 Å². The Bertz CT molecular complexity index is 622. The van der Waals surface area contributed by atoms with Crippen LogP contribution in [0.2, 0.25) is 0 Å². The Hall–Kier alpha value is -1.73. The number of hydrogen-bond donors (Lipinski definition) is 2. The number of hydrogen-bond acceptors (Lipinski definition) is 4. The van der Waals surface area contributed by atoms with Crippen LogP contribution >= 0.6 is 0 Å². The highest BCUT2D eigenvalue weighted by molar-refractivity contribution is 7.91. The molecule has 2 aliphatic rings. The third kappa shape index (κ3) is 2.44. The minimum absolute atomic E-state index is 0.332. The number of carbonyl (C=O) groups is 2. The number of unbranched alkanes of at least 4 members (excludes halogenated alkanes) is 1. The maximum Gasteiger partial charge on any atom is 0.322 e. The van der Waals surface area contributed by atoms with Crippen molar-refractivity contribution in [3.63, 3.8) is 0 Å². The summed E-state index contributed by atoms with van der Waals surface area (Å²) >= 11 is -1.19. The minimum Gasteiger partial charge on any atom is -0.611 e. The smallest absolute Gasteiger partial charge is 0.322 e. The highest BCUT2D eigenvalue weighted by Crippen LogP contribution is 2.40. The van der Waals surface area contributed by atoms with Gasteiger partial charge >= 0.3 is 6.03 Å². The Balaban J connectivity index is 1.95. The van der Waals surface area contributed by atoms with Crippen LogP contribution in [0.4, 0.5) is 4.79 Å². The number of amides is 3. The number of benzene rings is 1. The first kappa shape index (κ1) is 15.2. The van der Waals surface area contributed by atoms with Gasteiger partial charge in [0.2, 0.25) is 0 Å². The SMILES string of the molecule is CCCCOc1ccc2c(c1)[S+]([O-])CCC21NC(=O)NC1=O. The molecule has 1 aromatic rings. The number of urea groups is 1. The van der Waals surface area contributed by atoms with Crippen LogP contribution in [0.25, 0.3) is 0 Å². The molecule has 6 nitrogen and oxygen atoms in total. The molecule has 0 aromatic heterocycles. The molecule has 0 radical (unpaired) electrons. The monoisotopic (exact) mass is 322 g/mol. The van der Waals surface area contributed by atoms with Crippen LogP contribution in [0, 0.1) is 0 Å². The summed E-state index contributed by atoms with van der Waals surface area (Å²) in [5.74, 6) is 0.594.